The molecule has 2 N–H and O–H groups in total. The number of aryl methyl sites for hydroxylation is 1. The number of benzene rings is 1. The molecule has 0 radical (unpaired) electrons. The number of aromatic hydroxyl groups is 1. The number of carbonyl (C=O) groups is 1. The lowest BCUT2D eigenvalue weighted by Gasteiger charge is -2.06. The second kappa shape index (κ2) is 7.02. The molecule has 2 aromatic heterocycles. The number of methoxy groups -OCH3 is 2. The van der Waals surface area contributed by atoms with E-state index in [-0.39, 0.29) is 11.7 Å². The third kappa shape index (κ3) is 3.39. The number of esters is 1. The van der Waals surface area contributed by atoms with Crippen molar-refractivity contribution in [1.82, 2.24) is 15.0 Å². The molecule has 0 aliphatic rings. The lowest BCUT2D eigenvalue weighted by Crippen LogP contribution is -2.03. The summed E-state index contributed by atoms with van der Waals surface area (Å²) in [4.78, 5) is 23.6. The van der Waals surface area contributed by atoms with Crippen LogP contribution in [0.4, 0.5) is 0 Å². The van der Waals surface area contributed by atoms with Crippen LogP contribution in [-0.2, 0) is 10.5 Å². The summed E-state index contributed by atoms with van der Waals surface area (Å²) >= 11 is 1.40. The SMILES string of the molecule is COC(=O)c1cc2nc(SCc3nccc(OC)c3O)[nH]c2cc1C. The number of aromatic amines is 1. The molecule has 130 valence electrons. The summed E-state index contributed by atoms with van der Waals surface area (Å²) in [5, 5.41) is 10.8. The fourth-order valence-electron chi connectivity index (χ4n) is 2.42. The van der Waals surface area contributed by atoms with Gasteiger partial charge in [-0.15, -0.1) is 0 Å². The zero-order chi connectivity index (χ0) is 18.0. The van der Waals surface area contributed by atoms with Gasteiger partial charge in [-0.25, -0.2) is 9.78 Å². The molecule has 1 aromatic carbocycles. The molecule has 0 atom stereocenters. The number of rotatable bonds is 5. The molecule has 0 fully saturated rings. The van der Waals surface area contributed by atoms with Crippen LogP contribution in [0.3, 0.4) is 0 Å². The third-order valence-electron chi connectivity index (χ3n) is 3.74. The van der Waals surface area contributed by atoms with Gasteiger partial charge in [-0.05, 0) is 24.6 Å². The van der Waals surface area contributed by atoms with Gasteiger partial charge in [0.05, 0.1) is 36.5 Å². The zero-order valence-corrected chi connectivity index (χ0v) is 14.8. The Bertz CT molecular complexity index is 939. The number of nitrogens with zero attached hydrogens (tertiary/aromatic N) is 2. The second-order valence-corrected chi connectivity index (χ2v) is 6.28. The van der Waals surface area contributed by atoms with Gasteiger partial charge in [0, 0.05) is 18.0 Å². The number of ether oxygens (including phenoxy) is 2. The van der Waals surface area contributed by atoms with E-state index in [0.29, 0.717) is 33.4 Å². The smallest absolute Gasteiger partial charge is 0.338 e. The molecule has 2 heterocycles. The third-order valence-corrected chi connectivity index (χ3v) is 4.62. The van der Waals surface area contributed by atoms with E-state index in [1.807, 2.05) is 13.0 Å². The van der Waals surface area contributed by atoms with Crippen molar-refractivity contribution in [2.75, 3.05) is 14.2 Å². The molecular weight excluding hydrogens is 342 g/mol. The maximum atomic E-state index is 11.8. The summed E-state index contributed by atoms with van der Waals surface area (Å²) in [6.45, 7) is 1.84. The number of aromatic nitrogens is 3. The van der Waals surface area contributed by atoms with Crippen molar-refractivity contribution in [3.63, 3.8) is 0 Å². The molecule has 3 aromatic rings. The first kappa shape index (κ1) is 17.1. The lowest BCUT2D eigenvalue weighted by atomic mass is 10.1. The Hall–Kier alpha value is -2.74. The van der Waals surface area contributed by atoms with Crippen molar-refractivity contribution in [2.45, 2.75) is 17.8 Å². The molecule has 7 nitrogen and oxygen atoms in total. The van der Waals surface area contributed by atoms with Crippen LogP contribution in [0.1, 0.15) is 21.6 Å². The largest absolute Gasteiger partial charge is 0.503 e. The number of fused-ring (bicyclic) bond motifs is 1. The zero-order valence-electron chi connectivity index (χ0n) is 14.0. The fourth-order valence-corrected chi connectivity index (χ4v) is 3.25. The fraction of sp³-hybridized carbons (Fsp3) is 0.235. The summed E-state index contributed by atoms with van der Waals surface area (Å²) in [6.07, 6.45) is 1.58. The Morgan fingerprint density at radius 1 is 1.36 bits per heavy atom. The normalized spacial score (nSPS) is 10.8. The average molecular weight is 359 g/mol. The molecule has 0 saturated carbocycles. The first-order valence-electron chi connectivity index (χ1n) is 7.45. The van der Waals surface area contributed by atoms with E-state index in [2.05, 4.69) is 15.0 Å². The number of carbonyl (C=O) groups excluding carboxylic acids is 1. The Morgan fingerprint density at radius 2 is 2.16 bits per heavy atom. The molecule has 0 aliphatic heterocycles. The van der Waals surface area contributed by atoms with Gasteiger partial charge < -0.3 is 19.6 Å². The van der Waals surface area contributed by atoms with E-state index < -0.39 is 0 Å². The minimum absolute atomic E-state index is 0.0254. The summed E-state index contributed by atoms with van der Waals surface area (Å²) in [5.74, 6) is 0.444. The highest BCUT2D eigenvalue weighted by Crippen LogP contribution is 2.32. The monoisotopic (exact) mass is 359 g/mol. The Balaban J connectivity index is 1.84. The number of hydrogen-bond acceptors (Lipinski definition) is 7. The molecule has 0 aliphatic carbocycles. The second-order valence-electron chi connectivity index (χ2n) is 5.32. The molecule has 25 heavy (non-hydrogen) atoms. The van der Waals surface area contributed by atoms with Crippen molar-refractivity contribution >= 4 is 28.8 Å². The summed E-state index contributed by atoms with van der Waals surface area (Å²) in [7, 11) is 2.85. The van der Waals surface area contributed by atoms with E-state index in [4.69, 9.17) is 9.47 Å². The van der Waals surface area contributed by atoms with Crippen LogP contribution in [0.2, 0.25) is 0 Å². The number of hydrogen-bond donors (Lipinski definition) is 2. The van der Waals surface area contributed by atoms with Gasteiger partial charge in [-0.1, -0.05) is 11.8 Å². The Morgan fingerprint density at radius 3 is 2.88 bits per heavy atom. The minimum atomic E-state index is -0.387. The summed E-state index contributed by atoms with van der Waals surface area (Å²) in [6, 6.07) is 5.17. The van der Waals surface area contributed by atoms with Crippen LogP contribution in [0, 0.1) is 6.92 Å². The van der Waals surface area contributed by atoms with Gasteiger partial charge in [0.1, 0.15) is 0 Å². The lowest BCUT2D eigenvalue weighted by molar-refractivity contribution is 0.0600. The van der Waals surface area contributed by atoms with E-state index in [9.17, 15) is 9.90 Å². The molecule has 8 heteroatoms. The number of pyridine rings is 1. The van der Waals surface area contributed by atoms with Crippen LogP contribution in [0.15, 0.2) is 29.6 Å². The number of H-pyrrole nitrogens is 1. The van der Waals surface area contributed by atoms with Crippen LogP contribution in [-0.4, -0.2) is 40.2 Å². The molecule has 0 amide bonds. The van der Waals surface area contributed by atoms with Crippen molar-refractivity contribution < 1.29 is 19.4 Å². The van der Waals surface area contributed by atoms with E-state index in [0.717, 1.165) is 11.1 Å². The standard InChI is InChI=1S/C17H17N3O4S/c1-9-6-11-12(7-10(9)16(22)24-3)20-17(19-11)25-8-13-15(21)14(23-2)4-5-18-13/h4-7,21H,8H2,1-3H3,(H,19,20). The van der Waals surface area contributed by atoms with Gasteiger partial charge in [0.25, 0.3) is 0 Å². The maximum absolute atomic E-state index is 11.8. The molecule has 0 bridgehead atoms. The maximum Gasteiger partial charge on any atom is 0.338 e. The van der Waals surface area contributed by atoms with Crippen molar-refractivity contribution in [1.29, 1.82) is 0 Å². The number of thioether (sulfide) groups is 1. The average Bonchev–Trinajstić information content (AvgIpc) is 3.01. The molecule has 3 rings (SSSR count). The number of nitrogens with one attached hydrogen (secondary N) is 1. The summed E-state index contributed by atoms with van der Waals surface area (Å²) in [5.41, 5.74) is 3.32. The topological polar surface area (TPSA) is 97.3 Å². The predicted octanol–water partition coefficient (Wildman–Crippen LogP) is 3.06. The van der Waals surface area contributed by atoms with Gasteiger partial charge in [0.2, 0.25) is 0 Å². The van der Waals surface area contributed by atoms with Crippen LogP contribution in [0.25, 0.3) is 11.0 Å². The van der Waals surface area contributed by atoms with Gasteiger partial charge in [0.15, 0.2) is 16.7 Å². The highest BCUT2D eigenvalue weighted by Gasteiger charge is 2.14. The quantitative estimate of drug-likeness (QED) is 0.534. The van der Waals surface area contributed by atoms with Gasteiger partial charge >= 0.3 is 5.97 Å². The highest BCUT2D eigenvalue weighted by atomic mass is 32.2. The van der Waals surface area contributed by atoms with E-state index >= 15 is 0 Å². The van der Waals surface area contributed by atoms with E-state index in [1.54, 1.807) is 18.3 Å². The number of imidazole rings is 1. The first-order chi connectivity index (χ1) is 12.0. The molecule has 0 spiro atoms. The molecule has 0 unspecified atom stereocenters. The minimum Gasteiger partial charge on any atom is -0.503 e. The highest BCUT2D eigenvalue weighted by molar-refractivity contribution is 7.98. The molecule has 0 saturated heterocycles. The van der Waals surface area contributed by atoms with Crippen molar-refractivity contribution in [2.24, 2.45) is 0 Å². The van der Waals surface area contributed by atoms with E-state index in [1.165, 1.54) is 26.0 Å². The Kier molecular flexibility index (Phi) is 4.80. The van der Waals surface area contributed by atoms with Gasteiger partial charge in [-0.2, -0.15) is 0 Å². The van der Waals surface area contributed by atoms with Crippen molar-refractivity contribution in [3.8, 4) is 11.5 Å². The van der Waals surface area contributed by atoms with Crippen LogP contribution in [0.5, 0.6) is 11.5 Å². The Labute approximate surface area is 148 Å². The van der Waals surface area contributed by atoms with Crippen LogP contribution >= 0.6 is 11.8 Å². The first-order valence-corrected chi connectivity index (χ1v) is 8.44. The van der Waals surface area contributed by atoms with Crippen molar-refractivity contribution in [3.05, 3.63) is 41.2 Å². The van der Waals surface area contributed by atoms with Crippen LogP contribution < -0.4 is 4.74 Å². The predicted molar refractivity (Wildman–Crippen MR) is 94.2 cm³/mol. The molecular formula is C17H17N3O4S. The summed E-state index contributed by atoms with van der Waals surface area (Å²) < 4.78 is 9.86. The van der Waals surface area contributed by atoms with Gasteiger partial charge in [-0.3, -0.25) is 4.98 Å².